The number of rotatable bonds is 5. The molecule has 2 atom stereocenters. The molecule has 1 aromatic rings. The van der Waals surface area contributed by atoms with Crippen LogP contribution in [0.3, 0.4) is 0 Å². The van der Waals surface area contributed by atoms with Gasteiger partial charge in [-0.3, -0.25) is 4.79 Å². The summed E-state index contributed by atoms with van der Waals surface area (Å²) in [6.45, 7) is 3.40. The number of carbonyl (C=O) groups excluding carboxylic acids is 2. The summed E-state index contributed by atoms with van der Waals surface area (Å²) in [5.41, 5.74) is 5.85. The van der Waals surface area contributed by atoms with Crippen LogP contribution in [-0.2, 0) is 11.2 Å². The van der Waals surface area contributed by atoms with Gasteiger partial charge >= 0.3 is 6.03 Å². The lowest BCUT2D eigenvalue weighted by molar-refractivity contribution is -0.123. The smallest absolute Gasteiger partial charge is 0.312 e. The molecule has 0 fully saturated rings. The molecule has 0 saturated heterocycles. The Morgan fingerprint density at radius 3 is 2.45 bits per heavy atom. The van der Waals surface area contributed by atoms with Crippen molar-refractivity contribution in [2.45, 2.75) is 32.4 Å². The topological polar surface area (TPSA) is 84.2 Å². The summed E-state index contributed by atoms with van der Waals surface area (Å²) in [6.07, 6.45) is 0.561. The standard InChI is InChI=1S/C13H17Cl2N3O2/c1-7(17-12(19)8(2)18-13(16)20)5-9-3-4-10(14)6-11(9)15/h3-4,6-8H,5H2,1-2H3,(H,17,19)(H3,16,18,20). The van der Waals surface area contributed by atoms with Gasteiger partial charge in [0.25, 0.3) is 0 Å². The number of nitrogens with one attached hydrogen (secondary N) is 2. The predicted octanol–water partition coefficient (Wildman–Crippen LogP) is 2.10. The third kappa shape index (κ3) is 5.27. The average Bonchev–Trinajstić information content (AvgIpc) is 2.31. The monoisotopic (exact) mass is 317 g/mol. The van der Waals surface area contributed by atoms with Crippen molar-refractivity contribution >= 4 is 35.1 Å². The Bertz CT molecular complexity index is 508. The molecule has 0 heterocycles. The van der Waals surface area contributed by atoms with E-state index < -0.39 is 12.1 Å². The van der Waals surface area contributed by atoms with Gasteiger partial charge in [-0.05, 0) is 38.0 Å². The molecule has 0 aliphatic carbocycles. The molecule has 3 amide bonds. The maximum absolute atomic E-state index is 11.8. The van der Waals surface area contributed by atoms with E-state index in [2.05, 4.69) is 10.6 Å². The number of primary amides is 1. The average molecular weight is 318 g/mol. The van der Waals surface area contributed by atoms with Gasteiger partial charge in [-0.2, -0.15) is 0 Å². The summed E-state index contributed by atoms with van der Waals surface area (Å²) < 4.78 is 0. The maximum Gasteiger partial charge on any atom is 0.312 e. The summed E-state index contributed by atoms with van der Waals surface area (Å²) in [5, 5.41) is 6.21. The van der Waals surface area contributed by atoms with Crippen molar-refractivity contribution in [3.63, 3.8) is 0 Å². The van der Waals surface area contributed by atoms with Crippen LogP contribution in [0.1, 0.15) is 19.4 Å². The Labute approximate surface area is 127 Å². The van der Waals surface area contributed by atoms with Crippen molar-refractivity contribution < 1.29 is 9.59 Å². The van der Waals surface area contributed by atoms with Gasteiger partial charge in [0.15, 0.2) is 0 Å². The quantitative estimate of drug-likeness (QED) is 0.777. The summed E-state index contributed by atoms with van der Waals surface area (Å²) in [6, 6.07) is 3.66. The van der Waals surface area contributed by atoms with Crippen LogP contribution in [0, 0.1) is 0 Å². The number of hydrogen-bond acceptors (Lipinski definition) is 2. The van der Waals surface area contributed by atoms with Gasteiger partial charge in [0.2, 0.25) is 5.91 Å². The fourth-order valence-electron chi connectivity index (χ4n) is 1.71. The molecule has 0 aliphatic heterocycles. The van der Waals surface area contributed by atoms with Crippen molar-refractivity contribution in [1.29, 1.82) is 0 Å². The van der Waals surface area contributed by atoms with Crippen LogP contribution in [-0.4, -0.2) is 24.0 Å². The molecule has 20 heavy (non-hydrogen) atoms. The molecule has 0 saturated carbocycles. The van der Waals surface area contributed by atoms with Crippen molar-refractivity contribution in [1.82, 2.24) is 10.6 Å². The van der Waals surface area contributed by atoms with Gasteiger partial charge in [-0.15, -0.1) is 0 Å². The SMILES string of the molecule is CC(Cc1ccc(Cl)cc1Cl)NC(=O)C(C)NC(N)=O. The molecule has 1 aromatic carbocycles. The number of urea groups is 1. The summed E-state index contributed by atoms with van der Waals surface area (Å²) in [4.78, 5) is 22.5. The highest BCUT2D eigenvalue weighted by molar-refractivity contribution is 6.35. The summed E-state index contributed by atoms with van der Waals surface area (Å²) in [5.74, 6) is -0.304. The molecule has 1 rings (SSSR count). The Hall–Kier alpha value is -1.46. The van der Waals surface area contributed by atoms with E-state index in [9.17, 15) is 9.59 Å². The first-order chi connectivity index (χ1) is 9.29. The molecule has 4 N–H and O–H groups in total. The second kappa shape index (κ2) is 7.36. The second-order valence-electron chi connectivity index (χ2n) is 4.58. The zero-order valence-electron chi connectivity index (χ0n) is 11.2. The van der Waals surface area contributed by atoms with Crippen molar-refractivity contribution in [2.24, 2.45) is 5.73 Å². The van der Waals surface area contributed by atoms with Gasteiger partial charge in [-0.1, -0.05) is 29.3 Å². The van der Waals surface area contributed by atoms with Crippen molar-refractivity contribution in [3.8, 4) is 0 Å². The van der Waals surface area contributed by atoms with Gasteiger partial charge in [0.1, 0.15) is 6.04 Å². The molecule has 5 nitrogen and oxygen atoms in total. The zero-order chi connectivity index (χ0) is 15.3. The van der Waals surface area contributed by atoms with E-state index in [0.29, 0.717) is 16.5 Å². The van der Waals surface area contributed by atoms with Crippen LogP contribution in [0.5, 0.6) is 0 Å². The van der Waals surface area contributed by atoms with E-state index in [1.165, 1.54) is 0 Å². The normalized spacial score (nSPS) is 13.4. The molecule has 2 unspecified atom stereocenters. The molecule has 0 bridgehead atoms. The minimum atomic E-state index is -0.735. The third-order valence-corrected chi connectivity index (χ3v) is 3.27. The molecule has 7 heteroatoms. The fourth-order valence-corrected chi connectivity index (χ4v) is 2.20. The Morgan fingerprint density at radius 1 is 1.25 bits per heavy atom. The molecule has 110 valence electrons. The van der Waals surface area contributed by atoms with Crippen LogP contribution in [0.25, 0.3) is 0 Å². The highest BCUT2D eigenvalue weighted by atomic mass is 35.5. The van der Waals surface area contributed by atoms with Crippen LogP contribution in [0.2, 0.25) is 10.0 Å². The van der Waals surface area contributed by atoms with Gasteiger partial charge in [0, 0.05) is 16.1 Å². The summed E-state index contributed by atoms with van der Waals surface area (Å²) >= 11 is 11.9. The first kappa shape index (κ1) is 16.6. The zero-order valence-corrected chi connectivity index (χ0v) is 12.8. The first-order valence-electron chi connectivity index (χ1n) is 6.10. The lowest BCUT2D eigenvalue weighted by Crippen LogP contribution is -2.49. The van der Waals surface area contributed by atoms with E-state index in [-0.39, 0.29) is 11.9 Å². The third-order valence-electron chi connectivity index (χ3n) is 2.68. The molecule has 0 aliphatic rings. The van der Waals surface area contributed by atoms with Crippen LogP contribution in [0.15, 0.2) is 18.2 Å². The van der Waals surface area contributed by atoms with Gasteiger partial charge in [-0.25, -0.2) is 4.79 Å². The van der Waals surface area contributed by atoms with Crippen LogP contribution in [0.4, 0.5) is 4.79 Å². The summed E-state index contributed by atoms with van der Waals surface area (Å²) in [7, 11) is 0. The molecule has 0 radical (unpaired) electrons. The van der Waals surface area contributed by atoms with E-state index in [1.54, 1.807) is 19.1 Å². The van der Waals surface area contributed by atoms with Gasteiger partial charge < -0.3 is 16.4 Å². The van der Waals surface area contributed by atoms with Crippen LogP contribution >= 0.6 is 23.2 Å². The van der Waals surface area contributed by atoms with Crippen LogP contribution < -0.4 is 16.4 Å². The van der Waals surface area contributed by atoms with Crippen molar-refractivity contribution in [2.75, 3.05) is 0 Å². The van der Waals surface area contributed by atoms with E-state index in [1.807, 2.05) is 13.0 Å². The largest absolute Gasteiger partial charge is 0.352 e. The maximum atomic E-state index is 11.8. The minimum Gasteiger partial charge on any atom is -0.352 e. The Kier molecular flexibility index (Phi) is 6.10. The lowest BCUT2D eigenvalue weighted by Gasteiger charge is -2.18. The molecule has 0 spiro atoms. The number of nitrogens with two attached hydrogens (primary N) is 1. The fraction of sp³-hybridized carbons (Fsp3) is 0.385. The number of amides is 3. The molecular formula is C13H17Cl2N3O2. The van der Waals surface area contributed by atoms with Crippen molar-refractivity contribution in [3.05, 3.63) is 33.8 Å². The van der Waals surface area contributed by atoms with Gasteiger partial charge in [0.05, 0.1) is 0 Å². The second-order valence-corrected chi connectivity index (χ2v) is 5.42. The number of benzene rings is 1. The number of carbonyl (C=O) groups is 2. The highest BCUT2D eigenvalue weighted by Gasteiger charge is 2.17. The minimum absolute atomic E-state index is 0.140. The predicted molar refractivity (Wildman–Crippen MR) is 80.0 cm³/mol. The highest BCUT2D eigenvalue weighted by Crippen LogP contribution is 2.22. The number of hydrogen-bond donors (Lipinski definition) is 3. The molecule has 0 aromatic heterocycles. The first-order valence-corrected chi connectivity index (χ1v) is 6.85. The van der Waals surface area contributed by atoms with E-state index in [4.69, 9.17) is 28.9 Å². The lowest BCUT2D eigenvalue weighted by atomic mass is 10.1. The van der Waals surface area contributed by atoms with E-state index >= 15 is 0 Å². The Balaban J connectivity index is 2.56. The molecular weight excluding hydrogens is 301 g/mol. The van der Waals surface area contributed by atoms with E-state index in [0.717, 1.165) is 5.56 Å². The Morgan fingerprint density at radius 2 is 1.90 bits per heavy atom. The number of halogens is 2.